The van der Waals surface area contributed by atoms with Crippen LogP contribution in [0.15, 0.2) is 40.8 Å². The maximum Gasteiger partial charge on any atom is 0.229 e. The number of nitrogens with zero attached hydrogens (tertiary/aromatic N) is 2. The first kappa shape index (κ1) is 18.0. The topological polar surface area (TPSA) is 38.5 Å². The van der Waals surface area contributed by atoms with Gasteiger partial charge in [0.05, 0.1) is 18.4 Å². The number of hydrogen-bond acceptors (Lipinski definition) is 4. The molecule has 4 rings (SSSR count). The molecule has 0 aliphatic carbocycles. The number of aromatic nitrogens is 1. The monoisotopic (exact) mass is 386 g/mol. The number of rotatable bonds is 4. The van der Waals surface area contributed by atoms with Gasteiger partial charge in [-0.3, -0.25) is 4.90 Å². The first-order chi connectivity index (χ1) is 13.0. The van der Waals surface area contributed by atoms with Gasteiger partial charge in [0.2, 0.25) is 5.89 Å². The summed E-state index contributed by atoms with van der Waals surface area (Å²) in [4.78, 5) is 6.85. The highest BCUT2D eigenvalue weighted by Crippen LogP contribution is 2.30. The van der Waals surface area contributed by atoms with Crippen LogP contribution in [0, 0.1) is 12.7 Å². The van der Waals surface area contributed by atoms with Crippen molar-refractivity contribution in [2.24, 2.45) is 0 Å². The lowest BCUT2D eigenvalue weighted by molar-refractivity contribution is 0.242. The second-order valence-electron chi connectivity index (χ2n) is 6.71. The summed E-state index contributed by atoms with van der Waals surface area (Å²) in [5, 5.41) is 0.834. The maximum atomic E-state index is 14.2. The highest BCUT2D eigenvalue weighted by molar-refractivity contribution is 6.31. The summed E-state index contributed by atoms with van der Waals surface area (Å²) in [6.45, 7) is 4.21. The number of hydrogen-bond donors (Lipinski definition) is 0. The van der Waals surface area contributed by atoms with Crippen molar-refractivity contribution in [1.29, 1.82) is 0 Å². The van der Waals surface area contributed by atoms with Gasteiger partial charge in [0.15, 0.2) is 0 Å². The fourth-order valence-electron chi connectivity index (χ4n) is 3.45. The SMILES string of the molecule is COc1ccc(F)c(-c2nc(CN3CCc4c(Cl)cccc4C3)c(C)o2)c1. The Balaban J connectivity index is 1.56. The Bertz CT molecular complexity index is 986. The number of fused-ring (bicyclic) bond motifs is 1. The maximum absolute atomic E-state index is 14.2. The molecular weight excluding hydrogens is 367 g/mol. The van der Waals surface area contributed by atoms with Crippen molar-refractivity contribution in [3.63, 3.8) is 0 Å². The second kappa shape index (κ2) is 7.33. The molecule has 1 aliphatic heterocycles. The van der Waals surface area contributed by atoms with Gasteiger partial charge in [0.25, 0.3) is 0 Å². The van der Waals surface area contributed by atoms with Crippen molar-refractivity contribution in [1.82, 2.24) is 9.88 Å². The minimum absolute atomic E-state index is 0.277. The number of benzene rings is 2. The first-order valence-electron chi connectivity index (χ1n) is 8.84. The predicted octanol–water partition coefficient (Wildman–Crippen LogP) is 5.01. The van der Waals surface area contributed by atoms with Gasteiger partial charge in [-0.25, -0.2) is 9.37 Å². The third-order valence-electron chi connectivity index (χ3n) is 4.96. The van der Waals surface area contributed by atoms with Gasteiger partial charge < -0.3 is 9.15 Å². The molecule has 0 spiro atoms. The van der Waals surface area contributed by atoms with Crippen LogP contribution in [-0.4, -0.2) is 23.5 Å². The zero-order valence-corrected chi connectivity index (χ0v) is 16.0. The van der Waals surface area contributed by atoms with Crippen LogP contribution in [0.2, 0.25) is 5.02 Å². The van der Waals surface area contributed by atoms with E-state index in [0.29, 0.717) is 23.6 Å². The van der Waals surface area contributed by atoms with Crippen molar-refractivity contribution >= 4 is 11.6 Å². The van der Waals surface area contributed by atoms with E-state index in [9.17, 15) is 4.39 Å². The summed E-state index contributed by atoms with van der Waals surface area (Å²) in [7, 11) is 1.55. The lowest BCUT2D eigenvalue weighted by Gasteiger charge is -2.28. The summed E-state index contributed by atoms with van der Waals surface area (Å²) in [5.41, 5.74) is 3.59. The van der Waals surface area contributed by atoms with Crippen molar-refractivity contribution in [2.45, 2.75) is 26.4 Å². The van der Waals surface area contributed by atoms with E-state index in [-0.39, 0.29) is 11.7 Å². The normalized spacial score (nSPS) is 14.2. The van der Waals surface area contributed by atoms with Crippen LogP contribution in [0.1, 0.15) is 22.6 Å². The minimum Gasteiger partial charge on any atom is -0.497 e. The van der Waals surface area contributed by atoms with Crippen molar-refractivity contribution in [2.75, 3.05) is 13.7 Å². The Morgan fingerprint density at radius 1 is 1.30 bits per heavy atom. The molecule has 2 aromatic carbocycles. The van der Waals surface area contributed by atoms with Crippen molar-refractivity contribution in [3.8, 4) is 17.2 Å². The Morgan fingerprint density at radius 2 is 2.15 bits per heavy atom. The van der Waals surface area contributed by atoms with E-state index >= 15 is 0 Å². The van der Waals surface area contributed by atoms with E-state index < -0.39 is 0 Å². The minimum atomic E-state index is -0.384. The van der Waals surface area contributed by atoms with E-state index in [1.54, 1.807) is 19.2 Å². The van der Waals surface area contributed by atoms with E-state index in [4.69, 9.17) is 20.8 Å². The average molecular weight is 387 g/mol. The zero-order chi connectivity index (χ0) is 19.0. The molecule has 0 fully saturated rings. The summed E-state index contributed by atoms with van der Waals surface area (Å²) in [6, 6.07) is 10.6. The smallest absolute Gasteiger partial charge is 0.229 e. The number of aryl methyl sites for hydroxylation is 1. The Kier molecular flexibility index (Phi) is 4.89. The van der Waals surface area contributed by atoms with Gasteiger partial charge >= 0.3 is 0 Å². The molecule has 0 atom stereocenters. The van der Waals surface area contributed by atoms with Crippen LogP contribution >= 0.6 is 11.6 Å². The van der Waals surface area contributed by atoms with Crippen LogP contribution in [0.5, 0.6) is 5.75 Å². The van der Waals surface area contributed by atoms with Crippen LogP contribution in [0.3, 0.4) is 0 Å². The highest BCUT2D eigenvalue weighted by Gasteiger charge is 2.22. The van der Waals surface area contributed by atoms with Gasteiger partial charge in [0.1, 0.15) is 17.3 Å². The third kappa shape index (κ3) is 3.57. The van der Waals surface area contributed by atoms with Gasteiger partial charge in [-0.05, 0) is 48.7 Å². The summed E-state index contributed by atoms with van der Waals surface area (Å²) < 4.78 is 25.2. The number of ether oxygens (including phenoxy) is 1. The molecule has 0 amide bonds. The van der Waals surface area contributed by atoms with Crippen molar-refractivity contribution < 1.29 is 13.5 Å². The molecule has 0 saturated heterocycles. The van der Waals surface area contributed by atoms with Crippen LogP contribution in [0.25, 0.3) is 11.5 Å². The fraction of sp³-hybridized carbons (Fsp3) is 0.286. The number of halogens is 2. The molecule has 1 aliphatic rings. The molecule has 3 aromatic rings. The Hall–Kier alpha value is -2.37. The molecule has 0 bridgehead atoms. The molecule has 6 heteroatoms. The first-order valence-corrected chi connectivity index (χ1v) is 9.22. The largest absolute Gasteiger partial charge is 0.497 e. The molecule has 1 aromatic heterocycles. The van der Waals surface area contributed by atoms with Gasteiger partial charge in [0, 0.05) is 24.7 Å². The Morgan fingerprint density at radius 3 is 2.96 bits per heavy atom. The van der Waals surface area contributed by atoms with Crippen LogP contribution in [0.4, 0.5) is 4.39 Å². The highest BCUT2D eigenvalue weighted by atomic mass is 35.5. The molecule has 27 heavy (non-hydrogen) atoms. The summed E-state index contributed by atoms with van der Waals surface area (Å²) in [6.07, 6.45) is 0.906. The molecular formula is C21H20ClFN2O2. The standard InChI is InChI=1S/C21H20ClFN2O2/c1-13-20(12-25-9-8-16-14(11-25)4-3-5-18(16)22)24-21(27-13)17-10-15(26-2)6-7-19(17)23/h3-7,10H,8-9,11-12H2,1-2H3. The molecule has 140 valence electrons. The van der Waals surface area contributed by atoms with E-state index in [2.05, 4.69) is 16.0 Å². The molecule has 2 heterocycles. The van der Waals surface area contributed by atoms with Gasteiger partial charge in [-0.1, -0.05) is 23.7 Å². The molecule has 0 N–H and O–H groups in total. The van der Waals surface area contributed by atoms with Crippen molar-refractivity contribution in [3.05, 3.63) is 69.8 Å². The number of methoxy groups -OCH3 is 1. The molecule has 4 nitrogen and oxygen atoms in total. The Labute approximate surface area is 162 Å². The molecule has 0 radical (unpaired) electrons. The van der Waals surface area contributed by atoms with E-state index in [1.807, 2.05) is 19.1 Å². The van der Waals surface area contributed by atoms with Crippen LogP contribution < -0.4 is 4.74 Å². The lowest BCUT2D eigenvalue weighted by Crippen LogP contribution is -2.30. The molecule has 0 unspecified atom stereocenters. The van der Waals surface area contributed by atoms with Gasteiger partial charge in [-0.2, -0.15) is 0 Å². The van der Waals surface area contributed by atoms with E-state index in [0.717, 1.165) is 30.2 Å². The third-order valence-corrected chi connectivity index (χ3v) is 5.31. The fourth-order valence-corrected chi connectivity index (χ4v) is 3.74. The van der Waals surface area contributed by atoms with E-state index in [1.165, 1.54) is 17.2 Å². The predicted molar refractivity (Wildman–Crippen MR) is 102 cm³/mol. The lowest BCUT2D eigenvalue weighted by atomic mass is 9.99. The summed E-state index contributed by atoms with van der Waals surface area (Å²) >= 11 is 6.29. The second-order valence-corrected chi connectivity index (χ2v) is 7.11. The van der Waals surface area contributed by atoms with Gasteiger partial charge in [-0.15, -0.1) is 0 Å². The average Bonchev–Trinajstić information content (AvgIpc) is 3.02. The molecule has 0 saturated carbocycles. The quantitative estimate of drug-likeness (QED) is 0.631. The van der Waals surface area contributed by atoms with Crippen LogP contribution in [-0.2, 0) is 19.5 Å². The zero-order valence-electron chi connectivity index (χ0n) is 15.3. The summed E-state index contributed by atoms with van der Waals surface area (Å²) in [5.74, 6) is 1.15. The number of oxazole rings is 1.